The first-order valence-electron chi connectivity index (χ1n) is 11.1. The molecule has 0 saturated heterocycles. The van der Waals surface area contributed by atoms with Crippen LogP contribution in [0.1, 0.15) is 39.7 Å². The fourth-order valence-electron chi connectivity index (χ4n) is 3.74. The van der Waals surface area contributed by atoms with Crippen LogP contribution in [0.4, 0.5) is 8.78 Å². The number of aromatic hydroxyl groups is 1. The molecule has 180 valence electrons. The summed E-state index contributed by atoms with van der Waals surface area (Å²) in [4.78, 5) is 16.6. The molecule has 1 amide bonds. The highest BCUT2D eigenvalue weighted by atomic mass is 19.1. The van der Waals surface area contributed by atoms with E-state index in [9.17, 15) is 23.8 Å². The number of nitrogens with one attached hydrogen (secondary N) is 2. The average molecular weight is 470 g/mol. The maximum atomic E-state index is 13.7. The number of halogens is 2. The normalized spacial score (nSPS) is 12.9. The highest BCUT2D eigenvalue weighted by Crippen LogP contribution is 2.14. The Morgan fingerprint density at radius 2 is 1.74 bits per heavy atom. The van der Waals surface area contributed by atoms with Gasteiger partial charge in [0.1, 0.15) is 17.3 Å². The smallest absolute Gasteiger partial charge is 0.270 e. The van der Waals surface area contributed by atoms with Crippen LogP contribution in [0.3, 0.4) is 0 Å². The van der Waals surface area contributed by atoms with Gasteiger partial charge in [0.15, 0.2) is 0 Å². The van der Waals surface area contributed by atoms with E-state index in [-0.39, 0.29) is 30.1 Å². The van der Waals surface area contributed by atoms with Crippen molar-refractivity contribution in [1.29, 1.82) is 0 Å². The van der Waals surface area contributed by atoms with E-state index >= 15 is 0 Å². The third kappa shape index (κ3) is 7.33. The zero-order chi connectivity index (χ0) is 24.7. The molecule has 8 heteroatoms. The number of aliphatic hydroxyl groups is 1. The molecule has 0 aliphatic heterocycles. The molecule has 0 radical (unpaired) electrons. The highest BCUT2D eigenvalue weighted by molar-refractivity contribution is 5.92. The topological polar surface area (TPSA) is 94.5 Å². The molecule has 34 heavy (non-hydrogen) atoms. The number of nitrogens with zero attached hydrogens (tertiary/aromatic N) is 1. The van der Waals surface area contributed by atoms with Gasteiger partial charge in [-0.15, -0.1) is 0 Å². The van der Waals surface area contributed by atoms with E-state index in [0.717, 1.165) is 30.2 Å². The predicted molar refractivity (Wildman–Crippen MR) is 125 cm³/mol. The first-order valence-corrected chi connectivity index (χ1v) is 11.1. The first kappa shape index (κ1) is 25.3. The fraction of sp³-hybridized carbons (Fsp3) is 0.308. The van der Waals surface area contributed by atoms with Crippen molar-refractivity contribution in [3.05, 3.63) is 94.2 Å². The van der Waals surface area contributed by atoms with Gasteiger partial charge in [-0.1, -0.05) is 31.2 Å². The number of carbonyl (C=O) groups is 1. The quantitative estimate of drug-likeness (QED) is 0.365. The van der Waals surface area contributed by atoms with Gasteiger partial charge in [-0.25, -0.2) is 13.8 Å². The van der Waals surface area contributed by atoms with Gasteiger partial charge in [0.25, 0.3) is 5.91 Å². The van der Waals surface area contributed by atoms with Crippen LogP contribution < -0.4 is 10.6 Å². The lowest BCUT2D eigenvalue weighted by Crippen LogP contribution is -2.48. The second-order valence-electron chi connectivity index (χ2n) is 8.32. The van der Waals surface area contributed by atoms with Crippen molar-refractivity contribution in [1.82, 2.24) is 15.6 Å². The lowest BCUT2D eigenvalue weighted by atomic mass is 10.00. The molecule has 3 aromatic rings. The van der Waals surface area contributed by atoms with Crippen LogP contribution in [0.2, 0.25) is 0 Å². The Balaban J connectivity index is 1.73. The van der Waals surface area contributed by atoms with Crippen LogP contribution in [0.25, 0.3) is 0 Å². The van der Waals surface area contributed by atoms with Crippen LogP contribution in [0.5, 0.6) is 5.88 Å². The number of aromatic nitrogens is 1. The molecule has 0 aliphatic carbocycles. The number of aliphatic hydroxyl groups excluding tert-OH is 1. The Hall–Kier alpha value is -3.36. The fourth-order valence-corrected chi connectivity index (χ4v) is 3.74. The Bertz CT molecular complexity index is 1100. The summed E-state index contributed by atoms with van der Waals surface area (Å²) in [6.07, 6.45) is -0.160. The predicted octanol–water partition coefficient (Wildman–Crippen LogP) is 3.43. The number of hydrogen-bond donors (Lipinski definition) is 4. The lowest BCUT2D eigenvalue weighted by molar-refractivity contribution is 0.0824. The first-order chi connectivity index (χ1) is 16.2. The van der Waals surface area contributed by atoms with Crippen LogP contribution >= 0.6 is 0 Å². The molecule has 4 N–H and O–H groups in total. The molecule has 6 nitrogen and oxygen atoms in total. The summed E-state index contributed by atoms with van der Waals surface area (Å²) in [5.41, 5.74) is 3.16. The lowest BCUT2D eigenvalue weighted by Gasteiger charge is -2.25. The van der Waals surface area contributed by atoms with Gasteiger partial charge in [-0.3, -0.25) is 4.79 Å². The van der Waals surface area contributed by atoms with Crippen LogP contribution in [-0.2, 0) is 19.4 Å². The van der Waals surface area contributed by atoms with E-state index in [1.54, 1.807) is 6.92 Å². The standard InChI is InChI=1S/C26H29F2N3O3/c1-3-17-5-4-6-18(9-17)14-29-15-24(32)22(12-19-10-20(27)13-21(28)11-19)31-26(34)23-7-16(2)8-25(33)30-23/h4-11,13,22,24,29,32H,3,12,14-15H2,1-2H3,(H,30,33)(H,31,34)/t22-,24+/m0/s1. The summed E-state index contributed by atoms with van der Waals surface area (Å²) in [6.45, 7) is 4.41. The second kappa shape index (κ2) is 11.7. The Kier molecular flexibility index (Phi) is 8.67. The van der Waals surface area contributed by atoms with Crippen molar-refractivity contribution in [3.63, 3.8) is 0 Å². The van der Waals surface area contributed by atoms with Crippen molar-refractivity contribution in [3.8, 4) is 5.88 Å². The number of hydrogen-bond acceptors (Lipinski definition) is 5. The number of aryl methyl sites for hydroxylation is 2. The van der Waals surface area contributed by atoms with E-state index in [0.29, 0.717) is 12.1 Å². The van der Waals surface area contributed by atoms with Gasteiger partial charge in [0.05, 0.1) is 12.1 Å². The Morgan fingerprint density at radius 3 is 2.41 bits per heavy atom. The van der Waals surface area contributed by atoms with Crippen LogP contribution in [-0.4, -0.2) is 39.8 Å². The number of amides is 1. The number of rotatable bonds is 10. The van der Waals surface area contributed by atoms with Gasteiger partial charge in [0, 0.05) is 25.2 Å². The molecule has 1 aromatic heterocycles. The number of pyridine rings is 1. The van der Waals surface area contributed by atoms with E-state index in [1.807, 2.05) is 18.2 Å². The molecular weight excluding hydrogens is 440 g/mol. The number of carbonyl (C=O) groups excluding carboxylic acids is 1. The summed E-state index contributed by atoms with van der Waals surface area (Å²) < 4.78 is 27.4. The Morgan fingerprint density at radius 1 is 1.03 bits per heavy atom. The van der Waals surface area contributed by atoms with Gasteiger partial charge < -0.3 is 20.8 Å². The zero-order valence-corrected chi connectivity index (χ0v) is 19.2. The SMILES string of the molecule is CCc1cccc(CNC[C@@H](O)[C@H](Cc2cc(F)cc(F)c2)NC(=O)c2cc(C)cc(O)n2)c1. The van der Waals surface area contributed by atoms with Crippen molar-refractivity contribution in [2.45, 2.75) is 45.4 Å². The van der Waals surface area contributed by atoms with E-state index in [1.165, 1.54) is 17.7 Å². The minimum atomic E-state index is -1.07. The molecule has 0 unspecified atom stereocenters. The molecule has 0 aliphatic rings. The molecule has 0 bridgehead atoms. The summed E-state index contributed by atoms with van der Waals surface area (Å²) in [6, 6.07) is 13.2. The molecule has 3 rings (SSSR count). The largest absolute Gasteiger partial charge is 0.493 e. The van der Waals surface area contributed by atoms with Crippen LogP contribution in [0.15, 0.2) is 54.6 Å². The molecular formula is C26H29F2N3O3. The van der Waals surface area contributed by atoms with Crippen LogP contribution in [0, 0.1) is 18.6 Å². The van der Waals surface area contributed by atoms with Crippen molar-refractivity contribution < 1.29 is 23.8 Å². The Labute approximate surface area is 197 Å². The number of benzene rings is 2. The third-order valence-corrected chi connectivity index (χ3v) is 5.43. The van der Waals surface area contributed by atoms with E-state index < -0.39 is 29.7 Å². The van der Waals surface area contributed by atoms with Crippen molar-refractivity contribution >= 4 is 5.91 Å². The molecule has 0 spiro atoms. The summed E-state index contributed by atoms with van der Waals surface area (Å²) >= 11 is 0. The highest BCUT2D eigenvalue weighted by Gasteiger charge is 2.24. The second-order valence-corrected chi connectivity index (χ2v) is 8.32. The van der Waals surface area contributed by atoms with Gasteiger partial charge in [-0.2, -0.15) is 0 Å². The van der Waals surface area contributed by atoms with Gasteiger partial charge in [0.2, 0.25) is 5.88 Å². The summed E-state index contributed by atoms with van der Waals surface area (Å²) in [5.74, 6) is -2.40. The summed E-state index contributed by atoms with van der Waals surface area (Å²) in [5, 5.41) is 26.4. The van der Waals surface area contributed by atoms with E-state index in [2.05, 4.69) is 28.6 Å². The van der Waals surface area contributed by atoms with Crippen molar-refractivity contribution in [2.75, 3.05) is 6.54 Å². The van der Waals surface area contributed by atoms with Gasteiger partial charge in [-0.05, 0) is 60.2 Å². The molecule has 0 fully saturated rings. The third-order valence-electron chi connectivity index (χ3n) is 5.43. The molecule has 2 atom stereocenters. The van der Waals surface area contributed by atoms with Crippen molar-refractivity contribution in [2.24, 2.45) is 0 Å². The van der Waals surface area contributed by atoms with Gasteiger partial charge >= 0.3 is 0 Å². The van der Waals surface area contributed by atoms with E-state index in [4.69, 9.17) is 0 Å². The summed E-state index contributed by atoms with van der Waals surface area (Å²) in [7, 11) is 0. The zero-order valence-electron chi connectivity index (χ0n) is 19.2. The minimum Gasteiger partial charge on any atom is -0.493 e. The monoisotopic (exact) mass is 469 g/mol. The maximum absolute atomic E-state index is 13.7. The minimum absolute atomic E-state index is 0.00756. The molecule has 1 heterocycles. The maximum Gasteiger partial charge on any atom is 0.270 e. The molecule has 0 saturated carbocycles. The average Bonchev–Trinajstić information content (AvgIpc) is 2.77. The molecule has 2 aromatic carbocycles.